The van der Waals surface area contributed by atoms with Gasteiger partial charge in [0, 0.05) is 18.4 Å². The summed E-state index contributed by atoms with van der Waals surface area (Å²) in [6.07, 6.45) is 14.4. The van der Waals surface area contributed by atoms with Gasteiger partial charge in [-0.25, -0.2) is 0 Å². The molecule has 0 unspecified atom stereocenters. The molecule has 0 aromatic heterocycles. The molecule has 0 aliphatic heterocycles. The van der Waals surface area contributed by atoms with E-state index in [1.807, 2.05) is 42.5 Å². The minimum absolute atomic E-state index is 0.216. The number of amides is 1. The van der Waals surface area contributed by atoms with E-state index in [-0.39, 0.29) is 5.91 Å². The van der Waals surface area contributed by atoms with Crippen LogP contribution in [0.1, 0.15) is 121 Å². The summed E-state index contributed by atoms with van der Waals surface area (Å²) >= 11 is 0. The van der Waals surface area contributed by atoms with Crippen molar-refractivity contribution in [3.05, 3.63) is 60.2 Å². The number of anilines is 1. The number of benzene rings is 2. The van der Waals surface area contributed by atoms with E-state index in [2.05, 4.69) is 46.6 Å². The number of aliphatic hydroxyl groups excluding tert-OH is 1. The summed E-state index contributed by atoms with van der Waals surface area (Å²) in [6.45, 7) is 17.9. The van der Waals surface area contributed by atoms with Crippen molar-refractivity contribution in [2.45, 2.75) is 105 Å². The van der Waals surface area contributed by atoms with Gasteiger partial charge < -0.3 is 29.1 Å². The molecule has 260 valence electrons. The molecule has 7 nitrogen and oxygen atoms in total. The van der Waals surface area contributed by atoms with E-state index >= 15 is 0 Å². The maximum Gasteiger partial charge on any atom is 0.259 e. The second-order valence-corrected chi connectivity index (χ2v) is 12.2. The minimum atomic E-state index is -0.216. The van der Waals surface area contributed by atoms with Crippen molar-refractivity contribution in [2.24, 2.45) is 0 Å². The maximum atomic E-state index is 13.5. The summed E-state index contributed by atoms with van der Waals surface area (Å²) in [7, 11) is 3.24. The predicted molar refractivity (Wildman–Crippen MR) is 194 cm³/mol. The molecule has 0 atom stereocenters. The van der Waals surface area contributed by atoms with Crippen LogP contribution in [0.3, 0.4) is 0 Å². The van der Waals surface area contributed by atoms with Crippen molar-refractivity contribution in [2.75, 3.05) is 58.9 Å². The van der Waals surface area contributed by atoms with Crippen molar-refractivity contribution in [1.82, 2.24) is 0 Å². The van der Waals surface area contributed by atoms with Gasteiger partial charge in [-0.1, -0.05) is 84.6 Å². The molecule has 7 heteroatoms. The molecule has 46 heavy (non-hydrogen) atoms. The van der Waals surface area contributed by atoms with E-state index in [1.54, 1.807) is 0 Å². The Hall–Kier alpha value is -3.03. The van der Waals surface area contributed by atoms with Crippen LogP contribution in [-0.4, -0.2) is 69.1 Å². The molecule has 1 amide bonds. The highest BCUT2D eigenvalue weighted by Crippen LogP contribution is 2.27. The molecule has 2 rings (SSSR count). The molecule has 0 bridgehead atoms. The standard InChI is InChI=1S/C38H60N2O4.CH4O/c1-7-11-13-15-17-19-28-43-35-25-26-37(44-29-20-18-16-14-12-8-2)36(31-35)38(41)39-34-23-21-33(22-24-34)32(5)42-30-27-40(6,9-3)10-4;1-2/h21-26,31H,5,7-20,27-30H2,1-4,6H3;2H,1H3/p+1. The average molecular weight is 642 g/mol. The lowest BCUT2D eigenvalue weighted by atomic mass is 10.1. The van der Waals surface area contributed by atoms with Gasteiger partial charge in [-0.15, -0.1) is 0 Å². The molecule has 2 aromatic carbocycles. The predicted octanol–water partition coefficient (Wildman–Crippen LogP) is 9.50. The van der Waals surface area contributed by atoms with Gasteiger partial charge in [0.15, 0.2) is 0 Å². The molecule has 0 aliphatic carbocycles. The lowest BCUT2D eigenvalue weighted by Crippen LogP contribution is -2.45. The molecule has 0 fully saturated rings. The minimum Gasteiger partial charge on any atom is -0.494 e. The fraction of sp³-hybridized carbons (Fsp3) is 0.615. The van der Waals surface area contributed by atoms with Crippen molar-refractivity contribution in [3.63, 3.8) is 0 Å². The van der Waals surface area contributed by atoms with Crippen molar-refractivity contribution < 1.29 is 28.6 Å². The zero-order valence-corrected chi connectivity index (χ0v) is 30.0. The summed E-state index contributed by atoms with van der Waals surface area (Å²) in [5.74, 6) is 1.71. The van der Waals surface area contributed by atoms with Gasteiger partial charge >= 0.3 is 0 Å². The molecule has 0 spiro atoms. The van der Waals surface area contributed by atoms with E-state index in [0.29, 0.717) is 48.3 Å². The topological polar surface area (TPSA) is 77.0 Å². The van der Waals surface area contributed by atoms with Crippen LogP contribution in [0, 0.1) is 0 Å². The number of hydrogen-bond donors (Lipinski definition) is 2. The molecular formula is C39H65N2O5+. The Labute approximate surface area is 280 Å². The zero-order valence-electron chi connectivity index (χ0n) is 30.0. The summed E-state index contributed by atoms with van der Waals surface area (Å²) in [6, 6.07) is 13.2. The first-order valence-corrected chi connectivity index (χ1v) is 17.8. The molecule has 0 aliphatic rings. The van der Waals surface area contributed by atoms with Crippen LogP contribution in [-0.2, 0) is 4.74 Å². The van der Waals surface area contributed by atoms with Crippen LogP contribution in [0.25, 0.3) is 5.76 Å². The Morgan fingerprint density at radius 1 is 0.739 bits per heavy atom. The fourth-order valence-electron chi connectivity index (χ4n) is 4.99. The highest BCUT2D eigenvalue weighted by atomic mass is 16.5. The fourth-order valence-corrected chi connectivity index (χ4v) is 4.99. The number of nitrogens with one attached hydrogen (secondary N) is 1. The summed E-state index contributed by atoms with van der Waals surface area (Å²) in [5, 5.41) is 10.0. The second-order valence-electron chi connectivity index (χ2n) is 12.2. The number of nitrogens with zero attached hydrogens (tertiary/aromatic N) is 1. The monoisotopic (exact) mass is 641 g/mol. The SMILES string of the molecule is C=C(OCC[N+](C)(CC)CC)c1ccc(NC(=O)c2cc(OCCCCCCCC)ccc2OCCCCCCCC)cc1.CO. The number of likely N-dealkylation sites (N-methyl/N-ethyl adjacent to an activating group) is 1. The van der Waals surface area contributed by atoms with E-state index in [1.165, 1.54) is 51.4 Å². The van der Waals surface area contributed by atoms with Gasteiger partial charge in [0.25, 0.3) is 5.91 Å². The third-order valence-electron chi connectivity index (χ3n) is 8.62. The number of unbranched alkanes of at least 4 members (excludes halogenated alkanes) is 10. The van der Waals surface area contributed by atoms with E-state index < -0.39 is 0 Å². The van der Waals surface area contributed by atoms with Crippen LogP contribution < -0.4 is 14.8 Å². The maximum absolute atomic E-state index is 13.5. The Morgan fingerprint density at radius 3 is 1.85 bits per heavy atom. The van der Waals surface area contributed by atoms with E-state index in [9.17, 15) is 4.79 Å². The third kappa shape index (κ3) is 16.5. The van der Waals surface area contributed by atoms with E-state index in [0.717, 1.165) is 62.5 Å². The molecule has 0 radical (unpaired) electrons. The van der Waals surface area contributed by atoms with Gasteiger partial charge in [0.05, 0.1) is 38.9 Å². The summed E-state index contributed by atoms with van der Waals surface area (Å²) < 4.78 is 19.1. The lowest BCUT2D eigenvalue weighted by molar-refractivity contribution is -0.906. The quantitative estimate of drug-likeness (QED) is 0.0642. The van der Waals surface area contributed by atoms with Gasteiger partial charge in [0.2, 0.25) is 0 Å². The smallest absolute Gasteiger partial charge is 0.259 e. The lowest BCUT2D eigenvalue weighted by Gasteiger charge is -2.32. The zero-order chi connectivity index (χ0) is 34.0. The largest absolute Gasteiger partial charge is 0.494 e. The van der Waals surface area contributed by atoms with Crippen LogP contribution in [0.5, 0.6) is 11.5 Å². The van der Waals surface area contributed by atoms with Crippen LogP contribution in [0.2, 0.25) is 0 Å². The molecule has 0 heterocycles. The second kappa shape index (κ2) is 25.1. The Morgan fingerprint density at radius 2 is 1.28 bits per heavy atom. The number of rotatable bonds is 25. The number of hydrogen-bond acceptors (Lipinski definition) is 5. The van der Waals surface area contributed by atoms with Crippen molar-refractivity contribution in [1.29, 1.82) is 0 Å². The normalized spacial score (nSPS) is 10.9. The van der Waals surface area contributed by atoms with Gasteiger partial charge in [-0.05, 0) is 69.2 Å². The molecule has 2 N–H and O–H groups in total. The first-order valence-electron chi connectivity index (χ1n) is 17.8. The molecule has 0 saturated heterocycles. The van der Waals surface area contributed by atoms with Crippen molar-refractivity contribution >= 4 is 17.4 Å². The number of ether oxygens (including phenoxy) is 3. The summed E-state index contributed by atoms with van der Waals surface area (Å²) in [5.41, 5.74) is 2.09. The van der Waals surface area contributed by atoms with Crippen LogP contribution >= 0.6 is 0 Å². The molecular weight excluding hydrogens is 576 g/mol. The Kier molecular flexibility index (Phi) is 22.4. The van der Waals surface area contributed by atoms with Crippen LogP contribution in [0.15, 0.2) is 49.0 Å². The van der Waals surface area contributed by atoms with E-state index in [4.69, 9.17) is 19.3 Å². The third-order valence-corrected chi connectivity index (χ3v) is 8.62. The van der Waals surface area contributed by atoms with Gasteiger partial charge in [-0.2, -0.15) is 0 Å². The van der Waals surface area contributed by atoms with Crippen molar-refractivity contribution in [3.8, 4) is 11.5 Å². The average Bonchev–Trinajstić information content (AvgIpc) is 3.08. The number of quaternary nitrogens is 1. The number of carbonyl (C=O) groups is 1. The van der Waals surface area contributed by atoms with Gasteiger partial charge in [-0.3, -0.25) is 4.79 Å². The highest BCUT2D eigenvalue weighted by Gasteiger charge is 2.17. The first-order chi connectivity index (χ1) is 22.4. The Balaban J connectivity index is 0.00000518. The number of aliphatic hydroxyl groups is 1. The van der Waals surface area contributed by atoms with Crippen LogP contribution in [0.4, 0.5) is 5.69 Å². The summed E-state index contributed by atoms with van der Waals surface area (Å²) in [4.78, 5) is 13.5. The van der Waals surface area contributed by atoms with Gasteiger partial charge in [0.1, 0.15) is 30.4 Å². The molecule has 0 saturated carbocycles. The Bertz CT molecular complexity index is 1080. The molecule has 2 aromatic rings. The number of carbonyl (C=O) groups excluding carboxylic acids is 1. The highest BCUT2D eigenvalue weighted by molar-refractivity contribution is 6.06. The first kappa shape index (κ1) is 41.0.